The average molecular weight is 585 g/mol. The summed E-state index contributed by atoms with van der Waals surface area (Å²) < 4.78 is 35.6. The Hall–Kier alpha value is -5.22. The quantitative estimate of drug-likeness (QED) is 0.152. The van der Waals surface area contributed by atoms with E-state index in [9.17, 15) is 22.8 Å². The van der Waals surface area contributed by atoms with Gasteiger partial charge in [-0.2, -0.15) is 8.42 Å². The van der Waals surface area contributed by atoms with E-state index in [1.807, 2.05) is 25.1 Å². The number of hydrogen-bond donors (Lipinski definition) is 2. The molecule has 0 aliphatic heterocycles. The van der Waals surface area contributed by atoms with Gasteiger partial charge in [0.2, 0.25) is 0 Å². The van der Waals surface area contributed by atoms with Crippen molar-refractivity contribution in [1.29, 1.82) is 0 Å². The average Bonchev–Trinajstić information content (AvgIpc) is 3.00. The summed E-state index contributed by atoms with van der Waals surface area (Å²) in [7, 11) is -4.04. The minimum absolute atomic E-state index is 0.0157. The van der Waals surface area contributed by atoms with E-state index in [2.05, 4.69) is 10.6 Å². The van der Waals surface area contributed by atoms with Crippen LogP contribution in [0, 0.1) is 6.92 Å². The first-order valence-electron chi connectivity index (χ1n) is 12.9. The monoisotopic (exact) mass is 584 g/mol. The van der Waals surface area contributed by atoms with Crippen molar-refractivity contribution in [3.05, 3.63) is 137 Å². The van der Waals surface area contributed by atoms with Gasteiger partial charge in [-0.1, -0.05) is 78.4 Å². The van der Waals surface area contributed by atoms with Gasteiger partial charge in [0.05, 0.1) is 0 Å². The molecule has 0 heterocycles. The van der Waals surface area contributed by atoms with E-state index in [1.165, 1.54) is 42.5 Å². The molecule has 0 radical (unpaired) electrons. The highest BCUT2D eigenvalue weighted by atomic mass is 32.2. The van der Waals surface area contributed by atoms with Crippen molar-refractivity contribution < 1.29 is 31.7 Å². The van der Waals surface area contributed by atoms with Gasteiger partial charge in [0.15, 0.2) is 0 Å². The summed E-state index contributed by atoms with van der Waals surface area (Å²) in [4.78, 5) is 38.1. The number of amides is 2. The van der Waals surface area contributed by atoms with Crippen LogP contribution in [0.15, 0.2) is 120 Å². The summed E-state index contributed by atoms with van der Waals surface area (Å²) in [5, 5.41) is 5.03. The highest BCUT2D eigenvalue weighted by Gasteiger charge is 2.18. The van der Waals surface area contributed by atoms with E-state index < -0.39 is 34.4 Å². The number of ether oxygens (including phenoxy) is 1. The molecule has 0 saturated heterocycles. The molecule has 0 aromatic heterocycles. The van der Waals surface area contributed by atoms with Crippen LogP contribution >= 0.6 is 0 Å². The molecule has 42 heavy (non-hydrogen) atoms. The molecular formula is C32H28N2O7S. The Kier molecular flexibility index (Phi) is 9.85. The second-order valence-corrected chi connectivity index (χ2v) is 10.7. The molecule has 0 aliphatic carbocycles. The summed E-state index contributed by atoms with van der Waals surface area (Å²) in [6.07, 6.45) is 1.39. The van der Waals surface area contributed by atoms with Gasteiger partial charge in [0.1, 0.15) is 29.5 Å². The Labute approximate surface area is 243 Å². The molecule has 2 N–H and O–H groups in total. The van der Waals surface area contributed by atoms with Gasteiger partial charge in [-0.3, -0.25) is 14.4 Å². The van der Waals surface area contributed by atoms with Crippen LogP contribution in [0.2, 0.25) is 0 Å². The molecule has 4 aromatic carbocycles. The zero-order valence-corrected chi connectivity index (χ0v) is 23.5. The number of esters is 1. The summed E-state index contributed by atoms with van der Waals surface area (Å²) in [6.45, 7) is 1.48. The van der Waals surface area contributed by atoms with Crippen molar-refractivity contribution in [3.8, 4) is 5.75 Å². The van der Waals surface area contributed by atoms with Crippen molar-refractivity contribution in [1.82, 2.24) is 10.6 Å². The fourth-order valence-electron chi connectivity index (χ4n) is 3.65. The van der Waals surface area contributed by atoms with Gasteiger partial charge in [-0.15, -0.1) is 0 Å². The van der Waals surface area contributed by atoms with Crippen LogP contribution in [0.25, 0.3) is 6.08 Å². The van der Waals surface area contributed by atoms with Crippen LogP contribution in [0.1, 0.15) is 27.0 Å². The molecule has 2 amide bonds. The second-order valence-electron chi connectivity index (χ2n) is 9.13. The zero-order valence-electron chi connectivity index (χ0n) is 22.6. The van der Waals surface area contributed by atoms with Crippen LogP contribution < -0.4 is 14.8 Å². The van der Waals surface area contributed by atoms with Crippen LogP contribution in [0.4, 0.5) is 0 Å². The third-order valence-corrected chi connectivity index (χ3v) is 7.13. The van der Waals surface area contributed by atoms with E-state index in [0.29, 0.717) is 11.1 Å². The largest absolute Gasteiger partial charge is 0.460 e. The number of rotatable bonds is 11. The second kappa shape index (κ2) is 13.9. The Bertz CT molecular complexity index is 1670. The van der Waals surface area contributed by atoms with Crippen LogP contribution in [-0.2, 0) is 31.1 Å². The Balaban J connectivity index is 1.46. The molecule has 9 nitrogen and oxygen atoms in total. The van der Waals surface area contributed by atoms with E-state index in [0.717, 1.165) is 11.1 Å². The highest BCUT2D eigenvalue weighted by molar-refractivity contribution is 7.87. The number of benzene rings is 4. The Morgan fingerprint density at radius 1 is 0.786 bits per heavy atom. The lowest BCUT2D eigenvalue weighted by Crippen LogP contribution is -2.37. The highest BCUT2D eigenvalue weighted by Crippen LogP contribution is 2.20. The molecule has 0 fully saturated rings. The van der Waals surface area contributed by atoms with Gasteiger partial charge < -0.3 is 19.6 Å². The van der Waals surface area contributed by atoms with Crippen molar-refractivity contribution in [3.63, 3.8) is 0 Å². The molecule has 10 heteroatoms. The summed E-state index contributed by atoms with van der Waals surface area (Å²) in [5.41, 5.74) is 2.35. The zero-order chi connectivity index (χ0) is 30.0. The smallest absolute Gasteiger partial charge is 0.339 e. The lowest BCUT2D eigenvalue weighted by Gasteiger charge is -2.12. The number of nitrogens with one attached hydrogen (secondary N) is 2. The molecule has 0 aliphatic rings. The van der Waals surface area contributed by atoms with Gasteiger partial charge in [0.25, 0.3) is 11.8 Å². The number of carbonyl (C=O) groups excluding carboxylic acids is 3. The number of aryl methyl sites for hydroxylation is 1. The molecule has 0 saturated carbocycles. The van der Waals surface area contributed by atoms with Crippen molar-refractivity contribution in [2.45, 2.75) is 18.4 Å². The maximum Gasteiger partial charge on any atom is 0.339 e. The van der Waals surface area contributed by atoms with E-state index >= 15 is 0 Å². The molecule has 4 aromatic rings. The minimum Gasteiger partial charge on any atom is -0.460 e. The first-order chi connectivity index (χ1) is 20.2. The lowest BCUT2D eigenvalue weighted by atomic mass is 10.1. The van der Waals surface area contributed by atoms with Gasteiger partial charge in [-0.25, -0.2) is 0 Å². The SMILES string of the molecule is Cc1ccc(S(=O)(=O)Oc2ccc(C=C(NC(=O)c3ccccc3)C(=O)NCC(=O)OCc3ccccc3)cc2)cc1. The third-order valence-electron chi connectivity index (χ3n) is 5.87. The molecule has 0 atom stereocenters. The van der Waals surface area contributed by atoms with E-state index in [4.69, 9.17) is 8.92 Å². The normalized spacial score (nSPS) is 11.3. The third kappa shape index (κ3) is 8.64. The Morgan fingerprint density at radius 3 is 2.05 bits per heavy atom. The number of carbonyl (C=O) groups is 3. The minimum atomic E-state index is -4.04. The predicted molar refractivity (Wildman–Crippen MR) is 157 cm³/mol. The molecule has 214 valence electrons. The molecule has 0 unspecified atom stereocenters. The molecular weight excluding hydrogens is 556 g/mol. The van der Waals surface area contributed by atoms with Gasteiger partial charge in [-0.05, 0) is 60.5 Å². The molecule has 0 spiro atoms. The maximum atomic E-state index is 13.0. The van der Waals surface area contributed by atoms with Crippen LogP contribution in [-0.4, -0.2) is 32.7 Å². The number of hydrogen-bond acceptors (Lipinski definition) is 7. The fourth-order valence-corrected chi connectivity index (χ4v) is 4.58. The summed E-state index contributed by atoms with van der Waals surface area (Å²) in [6, 6.07) is 29.5. The van der Waals surface area contributed by atoms with Crippen LogP contribution in [0.5, 0.6) is 5.75 Å². The fraction of sp³-hybridized carbons (Fsp3) is 0.0938. The first kappa shape index (κ1) is 29.8. The topological polar surface area (TPSA) is 128 Å². The Morgan fingerprint density at radius 2 is 1.40 bits per heavy atom. The lowest BCUT2D eigenvalue weighted by molar-refractivity contribution is -0.144. The van der Waals surface area contributed by atoms with Crippen molar-refractivity contribution >= 4 is 34.0 Å². The molecule has 4 rings (SSSR count). The van der Waals surface area contributed by atoms with Crippen molar-refractivity contribution in [2.24, 2.45) is 0 Å². The van der Waals surface area contributed by atoms with Gasteiger partial charge in [0, 0.05) is 5.56 Å². The summed E-state index contributed by atoms with van der Waals surface area (Å²) >= 11 is 0. The van der Waals surface area contributed by atoms with Gasteiger partial charge >= 0.3 is 16.1 Å². The van der Waals surface area contributed by atoms with Crippen molar-refractivity contribution in [2.75, 3.05) is 6.54 Å². The summed E-state index contributed by atoms with van der Waals surface area (Å²) in [5.74, 6) is -1.85. The molecule has 0 bridgehead atoms. The first-order valence-corrected chi connectivity index (χ1v) is 14.3. The standard InChI is InChI=1S/C32H28N2O7S/c1-23-12-18-28(19-13-23)42(38,39)41-27-16-14-24(15-17-27)20-29(34-31(36)26-10-6-3-7-11-26)32(37)33-21-30(35)40-22-25-8-4-2-5-9-25/h2-20H,21-22H2,1H3,(H,33,37)(H,34,36). The van der Waals surface area contributed by atoms with Crippen LogP contribution in [0.3, 0.4) is 0 Å². The maximum absolute atomic E-state index is 13.0. The van der Waals surface area contributed by atoms with E-state index in [-0.39, 0.29) is 22.9 Å². The van der Waals surface area contributed by atoms with E-state index in [1.54, 1.807) is 54.6 Å². The predicted octanol–water partition coefficient (Wildman–Crippen LogP) is 4.39.